The lowest BCUT2D eigenvalue weighted by molar-refractivity contribution is 0.591. The van der Waals surface area contributed by atoms with E-state index in [1.165, 1.54) is 112 Å². The van der Waals surface area contributed by atoms with Crippen LogP contribution in [0.5, 0.6) is 0 Å². The van der Waals surface area contributed by atoms with Gasteiger partial charge in [0.05, 0.1) is 32.1 Å². The summed E-state index contributed by atoms with van der Waals surface area (Å²) in [5.41, 5.74) is 15.4. The van der Waals surface area contributed by atoms with Crippen molar-refractivity contribution in [1.29, 1.82) is 0 Å². The van der Waals surface area contributed by atoms with E-state index in [1.54, 1.807) is 0 Å². The summed E-state index contributed by atoms with van der Waals surface area (Å²) in [6.45, 7) is 11.6. The molecule has 2 nitrogen and oxygen atoms in total. The summed E-state index contributed by atoms with van der Waals surface area (Å²) in [4.78, 5) is 5.20. The Morgan fingerprint density at radius 2 is 0.743 bits per heavy atom. The molecule has 0 spiro atoms. The SMILES string of the molecule is Cc1cc(-c2ccccc2)ccc1N(c1cc(N(c2ccc(-c3ccccc3)cc2C)c2cccc3c2sc2ccccc23)c2ccc3cc(C(C)(C)C)cc4ccc1c2c43)c1cccc2c1sc1ccccc12. The number of benzene rings is 12. The molecule has 14 aromatic rings. The molecule has 0 N–H and O–H groups in total. The molecule has 0 saturated carbocycles. The van der Waals surface area contributed by atoms with Crippen molar-refractivity contribution in [3.05, 3.63) is 241 Å². The van der Waals surface area contributed by atoms with Crippen molar-refractivity contribution in [1.82, 2.24) is 0 Å². The topological polar surface area (TPSA) is 6.48 Å². The molecule has 0 aliphatic heterocycles. The Hall–Kier alpha value is -8.28. The first kappa shape index (κ1) is 44.4. The van der Waals surface area contributed by atoms with E-state index in [9.17, 15) is 0 Å². The second-order valence-corrected chi connectivity index (χ2v) is 23.1. The van der Waals surface area contributed by atoms with Crippen LogP contribution in [0, 0.1) is 13.8 Å². The van der Waals surface area contributed by atoms with Gasteiger partial charge in [0, 0.05) is 58.5 Å². The highest BCUT2D eigenvalue weighted by Crippen LogP contribution is 2.55. The number of nitrogens with zero attached hydrogens (tertiary/aromatic N) is 2. The van der Waals surface area contributed by atoms with Gasteiger partial charge in [-0.15, -0.1) is 22.7 Å². The maximum absolute atomic E-state index is 2.60. The Labute approximate surface area is 440 Å². The van der Waals surface area contributed by atoms with Gasteiger partial charge in [-0.3, -0.25) is 0 Å². The second kappa shape index (κ2) is 17.2. The van der Waals surface area contributed by atoms with Gasteiger partial charge in [0.25, 0.3) is 0 Å². The van der Waals surface area contributed by atoms with Crippen molar-refractivity contribution in [2.24, 2.45) is 0 Å². The third-order valence-electron chi connectivity index (χ3n) is 15.4. The molecule has 0 aliphatic carbocycles. The third kappa shape index (κ3) is 7.11. The first-order valence-corrected chi connectivity index (χ1v) is 27.3. The van der Waals surface area contributed by atoms with Crippen LogP contribution in [0.25, 0.3) is 94.9 Å². The zero-order valence-electron chi connectivity index (χ0n) is 42.1. The fourth-order valence-electron chi connectivity index (χ4n) is 11.7. The number of aryl methyl sites for hydroxylation is 2. The number of hydrogen-bond donors (Lipinski definition) is 0. The van der Waals surface area contributed by atoms with E-state index in [4.69, 9.17) is 0 Å². The summed E-state index contributed by atoms with van der Waals surface area (Å²) < 4.78 is 5.10. The summed E-state index contributed by atoms with van der Waals surface area (Å²) in [6.07, 6.45) is 0. The predicted molar refractivity (Wildman–Crippen MR) is 324 cm³/mol. The first-order valence-electron chi connectivity index (χ1n) is 25.7. The van der Waals surface area contributed by atoms with Gasteiger partial charge in [-0.25, -0.2) is 0 Å². The number of anilines is 6. The van der Waals surface area contributed by atoms with E-state index in [1.807, 2.05) is 22.7 Å². The minimum atomic E-state index is -0.0207. The summed E-state index contributed by atoms with van der Waals surface area (Å²) in [6, 6.07) is 84.2. The van der Waals surface area contributed by atoms with E-state index in [2.05, 4.69) is 269 Å². The van der Waals surface area contributed by atoms with Gasteiger partial charge < -0.3 is 9.80 Å². The quantitative estimate of drug-likeness (QED) is 0.140. The van der Waals surface area contributed by atoms with Gasteiger partial charge in [-0.05, 0) is 129 Å². The molecule has 0 radical (unpaired) electrons. The Kier molecular flexibility index (Phi) is 10.3. The van der Waals surface area contributed by atoms with Crippen molar-refractivity contribution < 1.29 is 0 Å². The maximum atomic E-state index is 2.60. The highest BCUT2D eigenvalue weighted by molar-refractivity contribution is 7.26. The van der Waals surface area contributed by atoms with Gasteiger partial charge in [0.2, 0.25) is 0 Å². The highest BCUT2D eigenvalue weighted by Gasteiger charge is 2.29. The van der Waals surface area contributed by atoms with Crippen molar-refractivity contribution in [2.75, 3.05) is 9.80 Å². The zero-order chi connectivity index (χ0) is 49.8. The molecule has 0 unspecified atom stereocenters. The largest absolute Gasteiger partial charge is 0.308 e. The van der Waals surface area contributed by atoms with Crippen LogP contribution in [0.3, 0.4) is 0 Å². The van der Waals surface area contributed by atoms with Crippen LogP contribution >= 0.6 is 22.7 Å². The molecular formula is C70H52N2S2. The van der Waals surface area contributed by atoms with Crippen LogP contribution in [-0.2, 0) is 5.41 Å². The molecule has 2 aromatic heterocycles. The monoisotopic (exact) mass is 984 g/mol. The van der Waals surface area contributed by atoms with Gasteiger partial charge in [0.1, 0.15) is 0 Å². The van der Waals surface area contributed by atoms with E-state index < -0.39 is 0 Å². The standard InChI is InChI=1S/C70H52N2S2/c1-43-38-47(45-18-8-6-9-19-45)32-36-58(43)71(60-26-16-24-54-52-22-12-14-28-64(52)73-68(54)60)62-42-63(57-35-31-50-41-51(70(3,4)5)40-49-30-34-56(62)67(57)66(49)50)72(59-37-33-48(39-44(59)2)46-20-10-7-11-21-46)61-27-17-25-55-53-23-13-15-29-65(53)74-69(55)61/h6-42H,1-5H3. The lowest BCUT2D eigenvalue weighted by atomic mass is 9.83. The molecule has 0 bridgehead atoms. The van der Waals surface area contributed by atoms with Crippen molar-refractivity contribution in [2.45, 2.75) is 40.0 Å². The average Bonchev–Trinajstić information content (AvgIpc) is 4.09. The fourth-order valence-corrected chi connectivity index (χ4v) is 14.1. The number of thiophene rings is 2. The highest BCUT2D eigenvalue weighted by atomic mass is 32.1. The molecule has 354 valence electrons. The summed E-state index contributed by atoms with van der Waals surface area (Å²) in [7, 11) is 0. The van der Waals surface area contributed by atoms with E-state index in [0.717, 1.165) is 34.1 Å². The first-order chi connectivity index (χ1) is 36.2. The third-order valence-corrected chi connectivity index (χ3v) is 17.8. The van der Waals surface area contributed by atoms with Gasteiger partial charge >= 0.3 is 0 Å². The summed E-state index contributed by atoms with van der Waals surface area (Å²) in [5, 5.41) is 12.6. The zero-order valence-corrected chi connectivity index (χ0v) is 43.7. The fraction of sp³-hybridized carbons (Fsp3) is 0.0857. The molecule has 0 atom stereocenters. The minimum absolute atomic E-state index is 0.0207. The molecule has 0 amide bonds. The second-order valence-electron chi connectivity index (χ2n) is 21.0. The van der Waals surface area contributed by atoms with Crippen LogP contribution in [0.4, 0.5) is 34.1 Å². The minimum Gasteiger partial charge on any atom is -0.308 e. The van der Waals surface area contributed by atoms with E-state index in [-0.39, 0.29) is 5.41 Å². The Morgan fingerprint density at radius 3 is 1.19 bits per heavy atom. The lowest BCUT2D eigenvalue weighted by Crippen LogP contribution is -2.16. The lowest BCUT2D eigenvalue weighted by Gasteiger charge is -2.34. The van der Waals surface area contributed by atoms with Crippen LogP contribution in [0.2, 0.25) is 0 Å². The number of hydrogen-bond acceptors (Lipinski definition) is 4. The van der Waals surface area contributed by atoms with Crippen LogP contribution < -0.4 is 9.80 Å². The van der Waals surface area contributed by atoms with Crippen molar-refractivity contribution >= 4 is 129 Å². The molecule has 4 heteroatoms. The van der Waals surface area contributed by atoms with Crippen LogP contribution in [-0.4, -0.2) is 0 Å². The molecule has 0 saturated heterocycles. The summed E-state index contributed by atoms with van der Waals surface area (Å²) >= 11 is 3.78. The maximum Gasteiger partial charge on any atom is 0.0640 e. The van der Waals surface area contributed by atoms with E-state index >= 15 is 0 Å². The van der Waals surface area contributed by atoms with Gasteiger partial charge in [0.15, 0.2) is 0 Å². The average molecular weight is 985 g/mol. The predicted octanol–water partition coefficient (Wildman–Crippen LogP) is 21.5. The van der Waals surface area contributed by atoms with Gasteiger partial charge in [-0.2, -0.15) is 0 Å². The molecule has 0 aliphatic rings. The van der Waals surface area contributed by atoms with Gasteiger partial charge in [-0.1, -0.05) is 191 Å². The molecule has 14 rings (SSSR count). The Bertz CT molecular complexity index is 4220. The normalized spacial score (nSPS) is 12.1. The number of fused-ring (bicyclic) bond motifs is 6. The van der Waals surface area contributed by atoms with Crippen molar-refractivity contribution in [3.63, 3.8) is 0 Å². The van der Waals surface area contributed by atoms with Crippen LogP contribution in [0.15, 0.2) is 224 Å². The molecule has 74 heavy (non-hydrogen) atoms. The Morgan fingerprint density at radius 1 is 0.311 bits per heavy atom. The molecule has 0 fully saturated rings. The number of rotatable bonds is 8. The smallest absolute Gasteiger partial charge is 0.0640 e. The Balaban J connectivity index is 1.13. The molecule has 2 heterocycles. The summed E-state index contributed by atoms with van der Waals surface area (Å²) in [5.74, 6) is 0. The van der Waals surface area contributed by atoms with Crippen molar-refractivity contribution in [3.8, 4) is 22.3 Å². The van der Waals surface area contributed by atoms with Crippen LogP contribution in [0.1, 0.15) is 37.5 Å². The van der Waals surface area contributed by atoms with E-state index in [0.29, 0.717) is 0 Å². The molecule has 12 aromatic carbocycles. The molecular weight excluding hydrogens is 933 g/mol.